The first kappa shape index (κ1) is 77.4. The van der Waals surface area contributed by atoms with Crippen molar-refractivity contribution < 1.29 is 67.1 Å². The van der Waals surface area contributed by atoms with Gasteiger partial charge in [0.05, 0.1) is 36.6 Å². The molecule has 0 bridgehead atoms. The van der Waals surface area contributed by atoms with Crippen molar-refractivity contribution in [3.8, 4) is 0 Å². The lowest BCUT2D eigenvalue weighted by Crippen LogP contribution is -2.62. The number of para-hydroxylation sites is 1. The summed E-state index contributed by atoms with van der Waals surface area (Å²) in [7, 11) is 1.45. The number of hydrogen-bond donors (Lipinski definition) is 11. The Morgan fingerprint density at radius 1 is 0.681 bits per heavy atom. The first-order valence-corrected chi connectivity index (χ1v) is 31.6. The fraction of sp³-hybridized carbons (Fsp3) is 0.631. The highest BCUT2D eigenvalue weighted by atomic mass is 16.2. The minimum absolute atomic E-state index is 0.0286. The van der Waals surface area contributed by atoms with Crippen LogP contribution < -0.4 is 54.1 Å². The van der Waals surface area contributed by atoms with Gasteiger partial charge in [0.2, 0.25) is 70.4 Å². The molecule has 26 heteroatoms. The van der Waals surface area contributed by atoms with E-state index in [9.17, 15) is 67.1 Å². The van der Waals surface area contributed by atoms with E-state index in [-0.39, 0.29) is 75.5 Å². The maximum absolute atomic E-state index is 14.6. The zero-order chi connectivity index (χ0) is 68.5. The van der Waals surface area contributed by atoms with Gasteiger partial charge in [0.15, 0.2) is 0 Å². The molecule has 0 saturated heterocycles. The highest BCUT2D eigenvalue weighted by molar-refractivity contribution is 6.41. The summed E-state index contributed by atoms with van der Waals surface area (Å²) >= 11 is 0. The van der Waals surface area contributed by atoms with Crippen LogP contribution in [0.3, 0.4) is 0 Å². The molecule has 0 saturated carbocycles. The molecule has 504 valence electrons. The molecule has 11 atom stereocenters. The third-order valence-electron chi connectivity index (χ3n) is 16.4. The maximum atomic E-state index is 14.6. The number of nitrogens with one attached hydrogen (secondary N) is 9. The van der Waals surface area contributed by atoms with Gasteiger partial charge in [-0.05, 0) is 131 Å². The monoisotopic (exact) mass is 1270 g/mol. The van der Waals surface area contributed by atoms with Gasteiger partial charge in [-0.3, -0.25) is 67.1 Å². The zero-order valence-corrected chi connectivity index (χ0v) is 55.2. The normalized spacial score (nSPS) is 23.6. The predicted octanol–water partition coefficient (Wildman–Crippen LogP) is 2.22. The topological polar surface area (TPSA) is 406 Å². The van der Waals surface area contributed by atoms with Gasteiger partial charge in [-0.2, -0.15) is 0 Å². The number of hydrogen-bond acceptors (Lipinski definition) is 17. The molecule has 2 heterocycles. The fourth-order valence-electron chi connectivity index (χ4n) is 11.0. The average Bonchev–Trinajstić information content (AvgIpc) is 1.90. The number of aromatic amines is 1. The van der Waals surface area contributed by atoms with E-state index in [0.29, 0.717) is 25.7 Å². The third-order valence-corrected chi connectivity index (χ3v) is 16.4. The van der Waals surface area contributed by atoms with E-state index in [0.717, 1.165) is 42.1 Å². The number of nitrogens with zero attached hydrogens (tertiary/aromatic N) is 1. The number of rotatable bonds is 24. The van der Waals surface area contributed by atoms with Crippen molar-refractivity contribution in [1.29, 1.82) is 0 Å². The van der Waals surface area contributed by atoms with E-state index >= 15 is 0 Å². The first-order valence-electron chi connectivity index (χ1n) is 31.6. The number of H-pyrrole nitrogens is 1. The van der Waals surface area contributed by atoms with E-state index in [4.69, 9.17) is 11.5 Å². The molecule has 3 rings (SSSR count). The predicted molar refractivity (Wildman–Crippen MR) is 341 cm³/mol. The lowest BCUT2D eigenvalue weighted by atomic mass is 9.73. The van der Waals surface area contributed by atoms with Crippen molar-refractivity contribution in [2.24, 2.45) is 34.6 Å². The number of carbonyl (C=O) groups is 14. The Hall–Kier alpha value is -7.84. The van der Waals surface area contributed by atoms with E-state index < -0.39 is 135 Å². The van der Waals surface area contributed by atoms with Crippen molar-refractivity contribution in [1.82, 2.24) is 52.6 Å². The van der Waals surface area contributed by atoms with Crippen molar-refractivity contribution in [2.45, 2.75) is 220 Å². The minimum Gasteiger partial charge on any atom is -0.370 e. The van der Waals surface area contributed by atoms with Crippen LogP contribution in [0.2, 0.25) is 0 Å². The van der Waals surface area contributed by atoms with Gasteiger partial charge >= 0.3 is 0 Å². The fourth-order valence-corrected chi connectivity index (χ4v) is 11.0. The van der Waals surface area contributed by atoms with Gasteiger partial charge < -0.3 is 53.7 Å². The largest absolute Gasteiger partial charge is 0.370 e. The molecule has 1 aliphatic heterocycles. The lowest BCUT2D eigenvalue weighted by Gasteiger charge is -2.33. The molecule has 26 nitrogen and oxygen atoms in total. The molecule has 2 aromatic rings. The maximum Gasteiger partial charge on any atom is 0.246 e. The van der Waals surface area contributed by atoms with E-state index in [1.165, 1.54) is 67.4 Å². The number of nitrogens with two attached hydrogens (primary N) is 2. The Morgan fingerprint density at radius 3 is 1.85 bits per heavy atom. The van der Waals surface area contributed by atoms with E-state index in [2.05, 4.69) is 47.6 Å². The zero-order valence-electron chi connectivity index (χ0n) is 55.2. The number of likely N-dealkylation sites (N-methyl/N-ethyl adjacent to an activating group) is 1. The number of ketones is 6. The summed E-state index contributed by atoms with van der Waals surface area (Å²) < 4.78 is 0. The molecule has 1 aromatic heterocycles. The number of aromatic nitrogens is 1. The van der Waals surface area contributed by atoms with Crippen LogP contribution in [0, 0.1) is 23.2 Å². The number of benzene rings is 1. The second kappa shape index (κ2) is 36.9. The van der Waals surface area contributed by atoms with E-state index in [1.54, 1.807) is 13.1 Å². The van der Waals surface area contributed by atoms with Gasteiger partial charge in [0.25, 0.3) is 0 Å². The third kappa shape index (κ3) is 25.4. The molecular formula is C65H100N12O14. The molecule has 0 aliphatic carbocycles. The van der Waals surface area contributed by atoms with Gasteiger partial charge in [0.1, 0.15) is 35.2 Å². The number of Topliss-reactive ketones (excluding diaryl/α,β-unsaturated/α-hetero) is 6. The van der Waals surface area contributed by atoms with Gasteiger partial charge in [0, 0.05) is 61.3 Å². The Labute approximate surface area is 533 Å². The number of hydrazine groups is 1. The van der Waals surface area contributed by atoms with Crippen LogP contribution in [0.5, 0.6) is 0 Å². The Balaban J connectivity index is 1.89. The molecule has 0 spiro atoms. The summed E-state index contributed by atoms with van der Waals surface area (Å²) in [5.41, 5.74) is 12.2. The quantitative estimate of drug-likeness (QED) is 0.0408. The molecular weight excluding hydrogens is 1170 g/mol. The SMILES string of the molecule is CC(=O)C[C@]1(C)CCCCCC/C=C/CCC[C@@](C)(C(=O)NC(C)C(=O)N[C@@H](C)C(=O)NC(C)C(=O)N[C@@H](C)C(=O)C(=O)[C@H](C)NN(C)CC(N)=O)NC(=O)[C@H](CC(C)C)CN[C@@H](CCC(N)=O)C(=O)C(=O)C(C)NC(=O)[C@H](Cc2c[nH]c3ccccc23)CC1=O. The smallest absolute Gasteiger partial charge is 0.246 e. The van der Waals surface area contributed by atoms with Crippen molar-refractivity contribution in [3.63, 3.8) is 0 Å². The summed E-state index contributed by atoms with van der Waals surface area (Å²) in [4.78, 5) is 191. The van der Waals surface area contributed by atoms with Crippen LogP contribution >= 0.6 is 0 Å². The standard InChI is InChI=1S/C65H100N12O14/c1-37(2)30-47-35-69-50(26-27-52(66)80)57(85)55(83)40(5)71-61(89)45(31-46-34-68-49-25-21-20-24-48(46)49)32-51(79)64(10,33-38(3)78)28-22-18-16-14-13-15-17-19-23-29-65(11,75-62(47)90)63(91)74-44(9)60(88)73-43(8)59(87)72-42(7)58(86)70-39(4)54(82)56(84)41(6)76-77(12)36-53(67)81/h15,17,20-21,24-25,34,37,39-45,47,50,68-69,76H,13-14,16,18-19,22-23,26-33,35-36H2,1-12H3,(H2,66,80)(H2,67,81)(H,70,86)(H,71,89)(H,72,87)(H,73,88)(H,74,91)(H,75,90)/b17-15+/t39-,40?,41-,42?,43-,44?,45+,47+,50-,64-,65-/m0/s1. The summed E-state index contributed by atoms with van der Waals surface area (Å²) in [5.74, 6) is -12.4. The van der Waals surface area contributed by atoms with Crippen LogP contribution in [-0.2, 0) is 73.5 Å². The van der Waals surface area contributed by atoms with Gasteiger partial charge in [-0.25, -0.2) is 10.4 Å². The number of allylic oxidation sites excluding steroid dienone is 2. The first-order chi connectivity index (χ1) is 42.6. The molecule has 91 heavy (non-hydrogen) atoms. The summed E-state index contributed by atoms with van der Waals surface area (Å²) in [6, 6.07) is -1.52. The Bertz CT molecular complexity index is 2980. The van der Waals surface area contributed by atoms with Crippen LogP contribution in [0.4, 0.5) is 0 Å². The van der Waals surface area contributed by atoms with Crippen molar-refractivity contribution in [2.75, 3.05) is 20.1 Å². The number of fused-ring (bicyclic) bond motifs is 1. The molecule has 1 aliphatic rings. The molecule has 8 amide bonds. The van der Waals surface area contributed by atoms with Crippen LogP contribution in [0.1, 0.15) is 172 Å². The highest BCUT2D eigenvalue weighted by Crippen LogP contribution is 2.34. The van der Waals surface area contributed by atoms with E-state index in [1.807, 2.05) is 50.3 Å². The second-order valence-electron chi connectivity index (χ2n) is 25.5. The molecule has 0 radical (unpaired) electrons. The van der Waals surface area contributed by atoms with Gasteiger partial charge in [-0.1, -0.05) is 70.4 Å². The number of amides is 8. The molecule has 0 fully saturated rings. The van der Waals surface area contributed by atoms with Gasteiger partial charge in [-0.15, -0.1) is 0 Å². The highest BCUT2D eigenvalue weighted by Gasteiger charge is 2.41. The number of primary amides is 2. The van der Waals surface area contributed by atoms with Crippen LogP contribution in [0.25, 0.3) is 10.9 Å². The summed E-state index contributed by atoms with van der Waals surface area (Å²) in [6.07, 6.45) is 10.3. The van der Waals surface area contributed by atoms with Crippen molar-refractivity contribution >= 4 is 92.9 Å². The Morgan fingerprint density at radius 2 is 1.25 bits per heavy atom. The lowest BCUT2D eigenvalue weighted by molar-refractivity contribution is -0.141. The second-order valence-corrected chi connectivity index (χ2v) is 25.5. The van der Waals surface area contributed by atoms with Crippen molar-refractivity contribution in [3.05, 3.63) is 48.2 Å². The van der Waals surface area contributed by atoms with Crippen LogP contribution in [-0.4, -0.2) is 160 Å². The summed E-state index contributed by atoms with van der Waals surface area (Å²) in [5, 5.41) is 20.7. The summed E-state index contributed by atoms with van der Waals surface area (Å²) in [6.45, 7) is 16.0. The molecule has 13 N–H and O–H groups in total. The molecule has 1 aromatic carbocycles. The Kier molecular flexibility index (Phi) is 31.4. The molecule has 3 unspecified atom stereocenters. The minimum atomic E-state index is -1.67. The number of carbonyl (C=O) groups excluding carboxylic acids is 14. The average molecular weight is 1270 g/mol. The van der Waals surface area contributed by atoms with Crippen LogP contribution in [0.15, 0.2) is 42.6 Å².